The van der Waals surface area contributed by atoms with Crippen molar-refractivity contribution in [3.8, 4) is 0 Å². The molecule has 14 heavy (non-hydrogen) atoms. The molecule has 0 heterocycles. The van der Waals surface area contributed by atoms with Crippen molar-refractivity contribution >= 4 is 10.0 Å². The number of methoxy groups -OCH3 is 1. The van der Waals surface area contributed by atoms with Gasteiger partial charge in [0.15, 0.2) is 0 Å². The van der Waals surface area contributed by atoms with Crippen molar-refractivity contribution in [2.24, 2.45) is 0 Å². The second-order valence-electron chi connectivity index (χ2n) is 3.38. The third kappa shape index (κ3) is 4.90. The Morgan fingerprint density at radius 2 is 2.00 bits per heavy atom. The number of ether oxygens (including phenoxy) is 1. The van der Waals surface area contributed by atoms with E-state index in [-0.39, 0.29) is 19.3 Å². The minimum atomic E-state index is -3.28. The van der Waals surface area contributed by atoms with Crippen molar-refractivity contribution in [3.63, 3.8) is 0 Å². The number of aliphatic hydroxyl groups is 1. The predicted octanol–water partition coefficient (Wildman–Crippen LogP) is -0.288. The van der Waals surface area contributed by atoms with E-state index in [9.17, 15) is 8.42 Å². The van der Waals surface area contributed by atoms with Gasteiger partial charge in [-0.15, -0.1) is 0 Å². The highest BCUT2D eigenvalue weighted by atomic mass is 32.2. The van der Waals surface area contributed by atoms with Gasteiger partial charge in [0.2, 0.25) is 10.0 Å². The van der Waals surface area contributed by atoms with Crippen LogP contribution in [0.5, 0.6) is 0 Å². The molecule has 0 spiro atoms. The summed E-state index contributed by atoms with van der Waals surface area (Å²) in [5.74, 6) is 0. The number of aliphatic hydroxyl groups excluding tert-OH is 1. The van der Waals surface area contributed by atoms with Gasteiger partial charge in [-0.25, -0.2) is 13.1 Å². The van der Waals surface area contributed by atoms with Gasteiger partial charge in [-0.1, -0.05) is 0 Å². The van der Waals surface area contributed by atoms with Crippen LogP contribution in [0.4, 0.5) is 0 Å². The zero-order chi connectivity index (χ0) is 11.2. The lowest BCUT2D eigenvalue weighted by molar-refractivity contribution is 0.158. The molecule has 0 rings (SSSR count). The van der Waals surface area contributed by atoms with Crippen LogP contribution in [0.15, 0.2) is 0 Å². The van der Waals surface area contributed by atoms with Crippen molar-refractivity contribution < 1.29 is 18.3 Å². The first-order valence-corrected chi connectivity index (χ1v) is 6.09. The number of nitrogens with one attached hydrogen (secondary N) is 1. The maximum atomic E-state index is 11.4. The zero-order valence-corrected chi connectivity index (χ0v) is 9.67. The van der Waals surface area contributed by atoms with Crippen molar-refractivity contribution in [2.45, 2.75) is 31.6 Å². The molecule has 0 fully saturated rings. The van der Waals surface area contributed by atoms with E-state index in [0.29, 0.717) is 6.42 Å². The van der Waals surface area contributed by atoms with E-state index in [1.165, 1.54) is 7.11 Å². The SMILES string of the molecule is COCC(CCO)NS(=O)(=O)C(C)C. The number of rotatable bonds is 7. The Labute approximate surface area is 85.5 Å². The van der Waals surface area contributed by atoms with Crippen LogP contribution >= 0.6 is 0 Å². The highest BCUT2D eigenvalue weighted by Crippen LogP contribution is 2.01. The van der Waals surface area contributed by atoms with E-state index in [2.05, 4.69) is 4.72 Å². The quantitative estimate of drug-likeness (QED) is 0.624. The molecule has 0 aromatic carbocycles. The second kappa shape index (κ2) is 6.34. The Balaban J connectivity index is 4.28. The number of hydrogen-bond acceptors (Lipinski definition) is 4. The van der Waals surface area contributed by atoms with E-state index >= 15 is 0 Å². The summed E-state index contributed by atoms with van der Waals surface area (Å²) in [6.07, 6.45) is 0.361. The summed E-state index contributed by atoms with van der Waals surface area (Å²) in [5, 5.41) is 8.24. The summed E-state index contributed by atoms with van der Waals surface area (Å²) in [6, 6.07) is -0.350. The molecule has 0 saturated heterocycles. The van der Waals surface area contributed by atoms with Crippen LogP contribution in [0.2, 0.25) is 0 Å². The first-order valence-electron chi connectivity index (χ1n) is 4.55. The normalized spacial score (nSPS) is 14.6. The van der Waals surface area contributed by atoms with Gasteiger partial charge in [0.25, 0.3) is 0 Å². The van der Waals surface area contributed by atoms with Crippen LogP contribution in [-0.2, 0) is 14.8 Å². The summed E-state index contributed by atoms with van der Waals surface area (Å²) in [6.45, 7) is 3.41. The van der Waals surface area contributed by atoms with Crippen LogP contribution in [-0.4, -0.2) is 45.1 Å². The molecule has 5 nitrogen and oxygen atoms in total. The molecule has 0 bridgehead atoms. The molecule has 0 radical (unpaired) electrons. The highest BCUT2D eigenvalue weighted by molar-refractivity contribution is 7.90. The molecule has 1 atom stereocenters. The lowest BCUT2D eigenvalue weighted by atomic mass is 10.2. The molecule has 0 amide bonds. The number of hydrogen-bond donors (Lipinski definition) is 2. The molecule has 1 unspecified atom stereocenters. The molecule has 0 saturated carbocycles. The Bertz CT molecular complexity index is 232. The van der Waals surface area contributed by atoms with Crippen LogP contribution in [0, 0.1) is 0 Å². The van der Waals surface area contributed by atoms with E-state index in [4.69, 9.17) is 9.84 Å². The van der Waals surface area contributed by atoms with Crippen LogP contribution < -0.4 is 4.72 Å². The number of sulfonamides is 1. The minimum absolute atomic E-state index is 0.0609. The molecule has 0 aliphatic carbocycles. The topological polar surface area (TPSA) is 75.6 Å². The fourth-order valence-corrected chi connectivity index (χ4v) is 1.82. The van der Waals surface area contributed by atoms with Crippen molar-refractivity contribution in [2.75, 3.05) is 20.3 Å². The standard InChI is InChI=1S/C8H19NO4S/c1-7(2)14(11,12)9-8(4-5-10)6-13-3/h7-10H,4-6H2,1-3H3. The summed E-state index contributed by atoms with van der Waals surface area (Å²) in [7, 11) is -1.79. The van der Waals surface area contributed by atoms with Gasteiger partial charge in [0.05, 0.1) is 11.9 Å². The molecule has 0 aliphatic rings. The summed E-state index contributed by atoms with van der Waals surface area (Å²) < 4.78 is 30.2. The molecule has 0 aliphatic heterocycles. The van der Waals surface area contributed by atoms with Gasteiger partial charge in [-0.05, 0) is 20.3 Å². The average Bonchev–Trinajstić information content (AvgIpc) is 2.04. The highest BCUT2D eigenvalue weighted by Gasteiger charge is 2.20. The largest absolute Gasteiger partial charge is 0.396 e. The molecule has 6 heteroatoms. The van der Waals surface area contributed by atoms with E-state index in [1.54, 1.807) is 13.8 Å². The minimum Gasteiger partial charge on any atom is -0.396 e. The lowest BCUT2D eigenvalue weighted by Crippen LogP contribution is -2.42. The summed E-state index contributed by atoms with van der Waals surface area (Å²) in [5.41, 5.74) is 0. The fourth-order valence-electron chi connectivity index (χ4n) is 0.902. The second-order valence-corrected chi connectivity index (χ2v) is 5.64. The van der Waals surface area contributed by atoms with Crippen molar-refractivity contribution in [3.05, 3.63) is 0 Å². The molecule has 0 aromatic rings. The predicted molar refractivity (Wildman–Crippen MR) is 54.6 cm³/mol. The van der Waals surface area contributed by atoms with E-state index < -0.39 is 15.3 Å². The van der Waals surface area contributed by atoms with E-state index in [0.717, 1.165) is 0 Å². The van der Waals surface area contributed by atoms with Gasteiger partial charge in [-0.3, -0.25) is 0 Å². The molecule has 0 aromatic heterocycles. The fraction of sp³-hybridized carbons (Fsp3) is 1.00. The Morgan fingerprint density at radius 1 is 1.43 bits per heavy atom. The first-order chi connectivity index (χ1) is 6.44. The van der Waals surface area contributed by atoms with Gasteiger partial charge in [0, 0.05) is 19.8 Å². The van der Waals surface area contributed by atoms with Gasteiger partial charge in [-0.2, -0.15) is 0 Å². The van der Waals surface area contributed by atoms with Gasteiger partial charge >= 0.3 is 0 Å². The summed E-state index contributed by atoms with van der Waals surface area (Å²) >= 11 is 0. The Morgan fingerprint density at radius 3 is 2.36 bits per heavy atom. The Kier molecular flexibility index (Phi) is 6.26. The molecular weight excluding hydrogens is 206 g/mol. The lowest BCUT2D eigenvalue weighted by Gasteiger charge is -2.18. The third-order valence-corrected chi connectivity index (χ3v) is 3.70. The maximum absolute atomic E-state index is 11.4. The Hall–Kier alpha value is -0.170. The van der Waals surface area contributed by atoms with Crippen LogP contribution in [0.3, 0.4) is 0 Å². The van der Waals surface area contributed by atoms with Crippen LogP contribution in [0.1, 0.15) is 20.3 Å². The zero-order valence-electron chi connectivity index (χ0n) is 8.86. The van der Waals surface area contributed by atoms with Crippen molar-refractivity contribution in [1.82, 2.24) is 4.72 Å². The molecular formula is C8H19NO4S. The van der Waals surface area contributed by atoms with Gasteiger partial charge < -0.3 is 9.84 Å². The van der Waals surface area contributed by atoms with E-state index in [1.807, 2.05) is 0 Å². The van der Waals surface area contributed by atoms with Gasteiger partial charge in [0.1, 0.15) is 0 Å². The van der Waals surface area contributed by atoms with Crippen molar-refractivity contribution in [1.29, 1.82) is 0 Å². The maximum Gasteiger partial charge on any atom is 0.214 e. The van der Waals surface area contributed by atoms with Crippen LogP contribution in [0.25, 0.3) is 0 Å². The monoisotopic (exact) mass is 225 g/mol. The molecule has 86 valence electrons. The smallest absolute Gasteiger partial charge is 0.214 e. The first kappa shape index (κ1) is 13.8. The molecule has 2 N–H and O–H groups in total. The summed E-state index contributed by atoms with van der Waals surface area (Å²) in [4.78, 5) is 0. The average molecular weight is 225 g/mol. The third-order valence-electron chi connectivity index (χ3n) is 1.80.